The van der Waals surface area contributed by atoms with E-state index in [1.165, 1.54) is 24.1 Å². The molecule has 0 unspecified atom stereocenters. The molecule has 0 N–H and O–H groups in total. The molecule has 32 heavy (non-hydrogen) atoms. The standard InChI is InChI=1S/C23H21ClF3N5/c1-22(9-10-22)8-7-15-3-2-4-17(11-15)31(13-23(25,26)27)20-18-6-5-16(24)12-19(18)32-14-28-30-21(32)29-20/h2-6,11-12,14H,7-10,13H2,1H3. The van der Waals surface area contributed by atoms with Crippen molar-refractivity contribution in [2.45, 2.75) is 38.8 Å². The lowest BCUT2D eigenvalue weighted by Gasteiger charge is -2.27. The molecule has 1 aliphatic rings. The molecule has 1 fully saturated rings. The monoisotopic (exact) mass is 459 g/mol. The molecule has 5 rings (SSSR count). The summed E-state index contributed by atoms with van der Waals surface area (Å²) in [6.07, 6.45) is 1.32. The van der Waals surface area contributed by atoms with E-state index in [0.717, 1.165) is 18.4 Å². The number of rotatable bonds is 6. The van der Waals surface area contributed by atoms with Gasteiger partial charge < -0.3 is 4.90 Å². The minimum absolute atomic E-state index is 0.167. The zero-order chi connectivity index (χ0) is 22.5. The lowest BCUT2D eigenvalue weighted by molar-refractivity contribution is -0.118. The van der Waals surface area contributed by atoms with Crippen molar-refractivity contribution in [3.8, 4) is 0 Å². The van der Waals surface area contributed by atoms with Crippen LogP contribution >= 0.6 is 11.6 Å². The van der Waals surface area contributed by atoms with Crippen molar-refractivity contribution in [3.05, 3.63) is 59.4 Å². The Labute approximate surface area is 187 Å². The third kappa shape index (κ3) is 4.24. The van der Waals surface area contributed by atoms with Crippen molar-refractivity contribution in [2.75, 3.05) is 11.4 Å². The molecule has 1 aliphatic carbocycles. The molecular formula is C23H21ClF3N5. The molecule has 4 aromatic rings. The molecule has 2 aromatic carbocycles. The number of alkyl halides is 3. The third-order valence-electron chi connectivity index (χ3n) is 6.13. The maximum atomic E-state index is 13.7. The number of benzene rings is 2. The Morgan fingerprint density at radius 2 is 1.97 bits per heavy atom. The molecule has 0 bridgehead atoms. The fraction of sp³-hybridized carbons (Fsp3) is 0.348. The van der Waals surface area contributed by atoms with E-state index in [-0.39, 0.29) is 11.6 Å². The van der Waals surface area contributed by atoms with Crippen LogP contribution in [0.15, 0.2) is 48.8 Å². The van der Waals surface area contributed by atoms with Crippen LogP contribution in [0, 0.1) is 5.41 Å². The lowest BCUT2D eigenvalue weighted by Crippen LogP contribution is -2.31. The van der Waals surface area contributed by atoms with E-state index in [0.29, 0.717) is 27.0 Å². The van der Waals surface area contributed by atoms with Crippen LogP contribution in [0.25, 0.3) is 16.7 Å². The second kappa shape index (κ2) is 7.62. The SMILES string of the molecule is CC1(CCc2cccc(N(CC(F)(F)F)c3nc4nncn4c4cc(Cl)ccc34)c2)CC1. The zero-order valence-electron chi connectivity index (χ0n) is 17.4. The Bertz CT molecular complexity index is 1300. The number of halogens is 4. The van der Waals surface area contributed by atoms with Gasteiger partial charge in [0, 0.05) is 16.1 Å². The van der Waals surface area contributed by atoms with Crippen LogP contribution in [-0.2, 0) is 6.42 Å². The number of hydrogen-bond acceptors (Lipinski definition) is 4. The summed E-state index contributed by atoms with van der Waals surface area (Å²) in [5.41, 5.74) is 2.41. The summed E-state index contributed by atoms with van der Waals surface area (Å²) in [5.74, 6) is 0.376. The quantitative estimate of drug-likeness (QED) is 0.336. The molecule has 9 heteroatoms. The highest BCUT2D eigenvalue weighted by molar-refractivity contribution is 6.31. The average molecular weight is 460 g/mol. The molecule has 2 heterocycles. The second-order valence-corrected chi connectivity index (χ2v) is 9.22. The van der Waals surface area contributed by atoms with Crippen molar-refractivity contribution < 1.29 is 13.2 Å². The van der Waals surface area contributed by atoms with Gasteiger partial charge in [-0.05, 0) is 67.0 Å². The van der Waals surface area contributed by atoms with Gasteiger partial charge in [-0.1, -0.05) is 30.7 Å². The van der Waals surface area contributed by atoms with Gasteiger partial charge in [0.05, 0.1) is 5.52 Å². The van der Waals surface area contributed by atoms with E-state index >= 15 is 0 Å². The largest absolute Gasteiger partial charge is 0.406 e. The highest BCUT2D eigenvalue weighted by Crippen LogP contribution is 2.48. The van der Waals surface area contributed by atoms with Crippen LogP contribution in [0.1, 0.15) is 31.7 Å². The number of aryl methyl sites for hydroxylation is 1. The summed E-state index contributed by atoms with van der Waals surface area (Å²) in [7, 11) is 0. The van der Waals surface area contributed by atoms with Gasteiger partial charge in [-0.25, -0.2) is 0 Å². The Balaban J connectivity index is 1.63. The van der Waals surface area contributed by atoms with Gasteiger partial charge in [0.2, 0.25) is 0 Å². The summed E-state index contributed by atoms with van der Waals surface area (Å²) in [5, 5.41) is 8.82. The number of nitrogens with zero attached hydrogens (tertiary/aromatic N) is 5. The summed E-state index contributed by atoms with van der Waals surface area (Å²) >= 11 is 6.17. The molecule has 0 aliphatic heterocycles. The van der Waals surface area contributed by atoms with Crippen LogP contribution in [0.4, 0.5) is 24.7 Å². The van der Waals surface area contributed by atoms with Gasteiger partial charge in [0.1, 0.15) is 18.7 Å². The molecule has 0 radical (unpaired) electrons. The normalized spacial score (nSPS) is 15.4. The van der Waals surface area contributed by atoms with E-state index in [1.54, 1.807) is 34.7 Å². The highest BCUT2D eigenvalue weighted by atomic mass is 35.5. The Morgan fingerprint density at radius 3 is 2.72 bits per heavy atom. The first-order valence-electron chi connectivity index (χ1n) is 10.4. The van der Waals surface area contributed by atoms with E-state index in [9.17, 15) is 13.2 Å². The molecule has 166 valence electrons. The van der Waals surface area contributed by atoms with Gasteiger partial charge >= 0.3 is 6.18 Å². The minimum Gasteiger partial charge on any atom is -0.317 e. The smallest absolute Gasteiger partial charge is 0.317 e. The first-order valence-corrected chi connectivity index (χ1v) is 10.8. The maximum absolute atomic E-state index is 13.7. The second-order valence-electron chi connectivity index (χ2n) is 8.78. The molecule has 0 spiro atoms. The molecule has 0 amide bonds. The van der Waals surface area contributed by atoms with Crippen LogP contribution in [0.2, 0.25) is 5.02 Å². The first kappa shape index (κ1) is 21.0. The molecular weight excluding hydrogens is 439 g/mol. The number of hydrogen-bond donors (Lipinski definition) is 0. The predicted octanol–water partition coefficient (Wildman–Crippen LogP) is 6.36. The average Bonchev–Trinajstić information content (AvgIpc) is 3.29. The summed E-state index contributed by atoms with van der Waals surface area (Å²) in [6, 6.07) is 12.3. The van der Waals surface area contributed by atoms with Gasteiger partial charge in [-0.3, -0.25) is 4.40 Å². The van der Waals surface area contributed by atoms with Crippen molar-refractivity contribution in [2.24, 2.45) is 5.41 Å². The van der Waals surface area contributed by atoms with E-state index in [1.807, 2.05) is 12.1 Å². The van der Waals surface area contributed by atoms with Crippen LogP contribution in [0.3, 0.4) is 0 Å². The van der Waals surface area contributed by atoms with E-state index < -0.39 is 12.7 Å². The Kier molecular flexibility index (Phi) is 5.00. The third-order valence-corrected chi connectivity index (χ3v) is 6.37. The van der Waals surface area contributed by atoms with Crippen molar-refractivity contribution in [3.63, 3.8) is 0 Å². The van der Waals surface area contributed by atoms with Crippen LogP contribution < -0.4 is 4.90 Å². The zero-order valence-corrected chi connectivity index (χ0v) is 18.2. The van der Waals surface area contributed by atoms with E-state index in [4.69, 9.17) is 11.6 Å². The summed E-state index contributed by atoms with van der Waals surface area (Å²) in [6.45, 7) is 1.07. The van der Waals surface area contributed by atoms with Crippen LogP contribution in [-0.4, -0.2) is 32.3 Å². The van der Waals surface area contributed by atoms with Gasteiger partial charge in [0.25, 0.3) is 5.78 Å². The summed E-state index contributed by atoms with van der Waals surface area (Å²) in [4.78, 5) is 5.65. The topological polar surface area (TPSA) is 46.3 Å². The fourth-order valence-electron chi connectivity index (χ4n) is 3.99. The molecule has 1 saturated carbocycles. The Morgan fingerprint density at radius 1 is 1.16 bits per heavy atom. The highest BCUT2D eigenvalue weighted by Gasteiger charge is 2.36. The Hall–Kier alpha value is -2.87. The molecule has 2 aromatic heterocycles. The van der Waals surface area contributed by atoms with Crippen LogP contribution in [0.5, 0.6) is 0 Å². The van der Waals surface area contributed by atoms with E-state index in [2.05, 4.69) is 22.1 Å². The predicted molar refractivity (Wildman–Crippen MR) is 118 cm³/mol. The first-order chi connectivity index (χ1) is 15.2. The number of anilines is 2. The molecule has 5 nitrogen and oxygen atoms in total. The fourth-order valence-corrected chi connectivity index (χ4v) is 4.15. The number of aromatic nitrogens is 4. The van der Waals surface area contributed by atoms with Crippen molar-refractivity contribution in [1.29, 1.82) is 0 Å². The maximum Gasteiger partial charge on any atom is 0.406 e. The van der Waals surface area contributed by atoms with Crippen molar-refractivity contribution in [1.82, 2.24) is 19.6 Å². The van der Waals surface area contributed by atoms with Gasteiger partial charge in [0.15, 0.2) is 0 Å². The van der Waals surface area contributed by atoms with Crippen molar-refractivity contribution >= 4 is 39.8 Å². The summed E-state index contributed by atoms with van der Waals surface area (Å²) < 4.78 is 42.7. The lowest BCUT2D eigenvalue weighted by atomic mass is 9.98. The molecule has 0 saturated heterocycles. The van der Waals surface area contributed by atoms with Gasteiger partial charge in [-0.2, -0.15) is 18.2 Å². The minimum atomic E-state index is -4.43. The van der Waals surface area contributed by atoms with Gasteiger partial charge in [-0.15, -0.1) is 10.2 Å². The number of fused-ring (bicyclic) bond motifs is 3. The molecule has 0 atom stereocenters.